The van der Waals surface area contributed by atoms with Crippen LogP contribution in [0, 0.1) is 23.7 Å². The summed E-state index contributed by atoms with van der Waals surface area (Å²) in [4.78, 5) is 40.9. The normalized spacial score (nSPS) is 20.3. The lowest BCUT2D eigenvalue weighted by atomic mass is 10.1. The summed E-state index contributed by atoms with van der Waals surface area (Å²) in [5, 5.41) is 12.9. The summed E-state index contributed by atoms with van der Waals surface area (Å²) in [6.45, 7) is 1.60. The molecule has 0 radical (unpaired) electrons. The summed E-state index contributed by atoms with van der Waals surface area (Å²) in [5.74, 6) is 7.37. The average Bonchev–Trinajstić information content (AvgIpc) is 3.35. The van der Waals surface area contributed by atoms with E-state index in [1.807, 2.05) is 0 Å². The number of carboxylic acids is 1. The highest BCUT2D eigenvalue weighted by Crippen LogP contribution is 2.45. The molecule has 10 heteroatoms. The van der Waals surface area contributed by atoms with Gasteiger partial charge in [-0.3, -0.25) is 19.7 Å². The fraction of sp³-hybridized carbons (Fsp3) is 0.727. The van der Waals surface area contributed by atoms with Crippen LogP contribution in [0.15, 0.2) is 0 Å². The molecule has 0 aromatic heterocycles. The molecule has 0 aromatic rings. The molecule has 32 heavy (non-hydrogen) atoms. The van der Waals surface area contributed by atoms with E-state index in [9.17, 15) is 19.2 Å². The molecule has 3 aliphatic rings. The number of imide groups is 1. The molecular weight excluding hydrogens is 420 g/mol. The Morgan fingerprint density at radius 3 is 2.06 bits per heavy atom. The van der Waals surface area contributed by atoms with Gasteiger partial charge in [0.2, 0.25) is 11.8 Å². The van der Waals surface area contributed by atoms with Crippen molar-refractivity contribution in [2.45, 2.75) is 51.4 Å². The molecule has 2 aliphatic carbocycles. The Morgan fingerprint density at radius 1 is 1.03 bits per heavy atom. The first-order valence-electron chi connectivity index (χ1n) is 10.9. The van der Waals surface area contributed by atoms with Crippen LogP contribution in [-0.4, -0.2) is 69.1 Å². The van der Waals surface area contributed by atoms with Crippen LogP contribution < -0.4 is 10.6 Å². The maximum absolute atomic E-state index is 10.6. The molecule has 1 saturated heterocycles. The molecule has 3 rings (SSSR count). The van der Waals surface area contributed by atoms with E-state index < -0.39 is 12.1 Å². The molecule has 0 aromatic carbocycles. The monoisotopic (exact) mass is 456 g/mol. The number of carboxylic acid groups (broad SMARTS) is 1. The highest BCUT2D eigenvalue weighted by molar-refractivity contribution is 6.01. The van der Waals surface area contributed by atoms with Gasteiger partial charge in [0.15, 0.2) is 0 Å². The lowest BCUT2D eigenvalue weighted by molar-refractivity contribution is -0.138. The Kier molecular flexibility index (Phi) is 14.5. The number of aliphatic carboxylic acids is 1. The number of carbonyl (C=O) groups excluding carboxylic acids is 3. The molecule has 2 atom stereocenters. The zero-order chi connectivity index (χ0) is 23.6. The predicted octanol–water partition coefficient (Wildman–Crippen LogP) is 1.72. The minimum Gasteiger partial charge on any atom is -0.481 e. The molecule has 3 N–H and O–H groups in total. The first kappa shape index (κ1) is 27.4. The van der Waals surface area contributed by atoms with Gasteiger partial charge >= 0.3 is 12.1 Å². The number of hydrogen-bond donors (Lipinski definition) is 3. The van der Waals surface area contributed by atoms with Gasteiger partial charge in [-0.1, -0.05) is 0 Å². The third-order valence-electron chi connectivity index (χ3n) is 4.87. The zero-order valence-corrected chi connectivity index (χ0v) is 18.7. The Hall–Kier alpha value is -2.64. The Labute approximate surface area is 190 Å². The number of nitrogens with one attached hydrogen (secondary N) is 2. The van der Waals surface area contributed by atoms with Crippen LogP contribution in [0.4, 0.5) is 4.79 Å². The van der Waals surface area contributed by atoms with E-state index in [0.717, 1.165) is 11.8 Å². The topological polar surface area (TPSA) is 140 Å². The van der Waals surface area contributed by atoms with Crippen molar-refractivity contribution in [3.05, 3.63) is 0 Å². The molecule has 1 heterocycles. The molecule has 1 saturated carbocycles. The van der Waals surface area contributed by atoms with Gasteiger partial charge in [-0.25, -0.2) is 4.79 Å². The molecule has 3 amide bonds. The van der Waals surface area contributed by atoms with Crippen molar-refractivity contribution < 1.29 is 39.9 Å². The number of hydrogen-bond acceptors (Lipinski definition) is 7. The summed E-state index contributed by atoms with van der Waals surface area (Å²) in [6, 6.07) is 0. The van der Waals surface area contributed by atoms with E-state index in [0.29, 0.717) is 39.2 Å². The molecule has 2 fully saturated rings. The lowest BCUT2D eigenvalue weighted by Crippen LogP contribution is -2.27. The summed E-state index contributed by atoms with van der Waals surface area (Å²) in [7, 11) is 1.28. The van der Waals surface area contributed by atoms with Gasteiger partial charge in [-0.15, -0.1) is 11.8 Å². The highest BCUT2D eigenvalue weighted by atomic mass is 16.5. The second-order valence-corrected chi connectivity index (χ2v) is 7.44. The van der Waals surface area contributed by atoms with Crippen LogP contribution in [0.3, 0.4) is 0 Å². The van der Waals surface area contributed by atoms with Gasteiger partial charge in [0, 0.05) is 33.7 Å². The summed E-state index contributed by atoms with van der Waals surface area (Å²) in [6.07, 6.45) is 6.85. The largest absolute Gasteiger partial charge is 0.481 e. The number of fused-ring (bicyclic) bond motifs is 1. The quantitative estimate of drug-likeness (QED) is 0.271. The number of amides is 3. The van der Waals surface area contributed by atoms with Crippen molar-refractivity contribution in [3.8, 4) is 11.8 Å². The Morgan fingerprint density at radius 2 is 1.59 bits per heavy atom. The van der Waals surface area contributed by atoms with Crippen molar-refractivity contribution in [2.75, 3.05) is 40.1 Å². The van der Waals surface area contributed by atoms with Gasteiger partial charge in [0.1, 0.15) is 0 Å². The van der Waals surface area contributed by atoms with Crippen LogP contribution >= 0.6 is 0 Å². The number of rotatable bonds is 9. The Bertz CT molecular complexity index is 647. The first-order valence-corrected chi connectivity index (χ1v) is 10.9. The summed E-state index contributed by atoms with van der Waals surface area (Å²) >= 11 is 0. The summed E-state index contributed by atoms with van der Waals surface area (Å²) in [5.41, 5.74) is 0. The van der Waals surface area contributed by atoms with E-state index in [2.05, 4.69) is 27.2 Å². The predicted molar refractivity (Wildman–Crippen MR) is 117 cm³/mol. The third kappa shape index (κ3) is 15.2. The molecule has 0 bridgehead atoms. The van der Waals surface area contributed by atoms with Gasteiger partial charge in [0.25, 0.3) is 0 Å². The number of ether oxygens (including phenoxy) is 3. The number of methoxy groups -OCH3 is 1. The van der Waals surface area contributed by atoms with Gasteiger partial charge < -0.3 is 24.6 Å². The second-order valence-electron chi connectivity index (χ2n) is 7.44. The molecule has 0 spiro atoms. The number of carbonyl (C=O) groups is 4. The van der Waals surface area contributed by atoms with E-state index in [-0.39, 0.29) is 26.3 Å². The molecule has 0 unspecified atom stereocenters. The van der Waals surface area contributed by atoms with Crippen LogP contribution in [0.5, 0.6) is 0 Å². The smallest absolute Gasteiger partial charge is 0.406 e. The van der Waals surface area contributed by atoms with Crippen LogP contribution in [0.2, 0.25) is 0 Å². The second kappa shape index (κ2) is 17.0. The molecule has 1 aliphatic heterocycles. The highest BCUT2D eigenvalue weighted by Gasteiger charge is 2.35. The summed E-state index contributed by atoms with van der Waals surface area (Å²) < 4.78 is 14.4. The maximum Gasteiger partial charge on any atom is 0.406 e. The van der Waals surface area contributed by atoms with Gasteiger partial charge in [0.05, 0.1) is 40.0 Å². The van der Waals surface area contributed by atoms with Crippen molar-refractivity contribution in [1.82, 2.24) is 10.6 Å². The molecule has 10 nitrogen and oxygen atoms in total. The number of alkyl carbamates (subject to hydrolysis) is 1. The minimum atomic E-state index is -0.886. The first-order chi connectivity index (χ1) is 15.4. The van der Waals surface area contributed by atoms with Gasteiger partial charge in [-0.05, 0) is 31.1 Å². The van der Waals surface area contributed by atoms with E-state index >= 15 is 0 Å². The average molecular weight is 457 g/mol. The van der Waals surface area contributed by atoms with E-state index in [4.69, 9.17) is 14.6 Å². The fourth-order valence-electron chi connectivity index (χ4n) is 3.00. The lowest BCUT2D eigenvalue weighted by Gasteiger charge is -2.05. The SMILES string of the molecule is C1#CCC[C@H]2C[C@H]2CC1.COC(=O)NCCOCCOCCC(=O)O.O=C1CCC(=O)N1.[HH]. The fourth-order valence-corrected chi connectivity index (χ4v) is 3.00. The van der Waals surface area contributed by atoms with Crippen LogP contribution in [-0.2, 0) is 28.6 Å². The maximum atomic E-state index is 10.6. The Balaban J connectivity index is 0.000000502. The van der Waals surface area contributed by atoms with Crippen molar-refractivity contribution in [3.63, 3.8) is 0 Å². The van der Waals surface area contributed by atoms with E-state index in [1.54, 1.807) is 0 Å². The molecular formula is C22H36N2O8. The van der Waals surface area contributed by atoms with Crippen LogP contribution in [0.25, 0.3) is 0 Å². The van der Waals surface area contributed by atoms with Crippen molar-refractivity contribution in [1.29, 1.82) is 0 Å². The standard InChI is InChI=1S/C9H17NO6.C9H12.C4H5NO2.H2/c1-14-9(13)10-3-5-16-7-6-15-4-2-8(11)12;1-2-4-6-9-7-8(9)5-3-1;6-3-1-2-4(7)5-3;/h2-7H2,1H3,(H,10,13)(H,11,12);8-9H,3-7H2;1-2H2,(H,5,6,7);1H/t;8-,9+;;. The zero-order valence-electron chi connectivity index (χ0n) is 18.7. The van der Waals surface area contributed by atoms with Crippen molar-refractivity contribution >= 4 is 23.9 Å². The van der Waals surface area contributed by atoms with E-state index in [1.165, 1.54) is 39.2 Å². The van der Waals surface area contributed by atoms with Gasteiger partial charge in [-0.2, -0.15) is 0 Å². The molecule has 182 valence electrons. The minimum absolute atomic E-state index is 0. The third-order valence-corrected chi connectivity index (χ3v) is 4.87. The van der Waals surface area contributed by atoms with Crippen LogP contribution in [0.1, 0.15) is 52.8 Å². The van der Waals surface area contributed by atoms with Crippen molar-refractivity contribution in [2.24, 2.45) is 11.8 Å².